The maximum atomic E-state index is 9.73. The SMILES string of the molecule is CC(C)(CO)Oc1ccc(B2OC(C)(C)C(C)(C)O2)cc1-c1ccc2c(N)cnnc2c1. The number of fused-ring (bicyclic) bond motifs is 1. The van der Waals surface area contributed by atoms with E-state index < -0.39 is 23.9 Å². The molecule has 4 rings (SSSR count). The molecule has 2 aromatic carbocycles. The quantitative estimate of drug-likeness (QED) is 0.593. The number of aromatic nitrogens is 2. The fourth-order valence-electron chi connectivity index (χ4n) is 3.57. The smallest absolute Gasteiger partial charge is 0.485 e. The van der Waals surface area contributed by atoms with Gasteiger partial charge >= 0.3 is 7.12 Å². The van der Waals surface area contributed by atoms with Crippen molar-refractivity contribution in [1.82, 2.24) is 10.2 Å². The van der Waals surface area contributed by atoms with Crippen LogP contribution >= 0.6 is 0 Å². The first kappa shape index (κ1) is 22.5. The Hall–Kier alpha value is -2.68. The molecule has 0 saturated carbocycles. The minimum Gasteiger partial charge on any atom is -0.485 e. The number of ether oxygens (including phenoxy) is 1. The summed E-state index contributed by atoms with van der Waals surface area (Å²) in [7, 11) is -0.505. The van der Waals surface area contributed by atoms with Crippen LogP contribution in [0.2, 0.25) is 0 Å². The topological polar surface area (TPSA) is 99.7 Å². The van der Waals surface area contributed by atoms with Crippen LogP contribution in [0.25, 0.3) is 22.0 Å². The van der Waals surface area contributed by atoms with Crippen molar-refractivity contribution in [2.45, 2.75) is 58.3 Å². The lowest BCUT2D eigenvalue weighted by Gasteiger charge is -2.32. The third-order valence-corrected chi connectivity index (χ3v) is 6.28. The summed E-state index contributed by atoms with van der Waals surface area (Å²) in [5.74, 6) is 0.639. The second-order valence-corrected chi connectivity index (χ2v) is 9.90. The molecule has 0 unspecified atom stereocenters. The average molecular weight is 435 g/mol. The second kappa shape index (κ2) is 7.72. The van der Waals surface area contributed by atoms with Gasteiger partial charge in [-0.2, -0.15) is 10.2 Å². The van der Waals surface area contributed by atoms with Gasteiger partial charge in [0.1, 0.15) is 11.4 Å². The van der Waals surface area contributed by atoms with Crippen LogP contribution in [0.4, 0.5) is 5.69 Å². The van der Waals surface area contributed by atoms with Crippen LogP contribution in [-0.2, 0) is 9.31 Å². The Morgan fingerprint density at radius 2 is 1.75 bits per heavy atom. The Morgan fingerprint density at radius 3 is 2.41 bits per heavy atom. The lowest BCUT2D eigenvalue weighted by atomic mass is 9.77. The highest BCUT2D eigenvalue weighted by atomic mass is 16.7. The number of hydrogen-bond acceptors (Lipinski definition) is 7. The number of aliphatic hydroxyl groups is 1. The van der Waals surface area contributed by atoms with Crippen molar-refractivity contribution >= 4 is 29.2 Å². The van der Waals surface area contributed by atoms with Crippen LogP contribution in [0.5, 0.6) is 5.75 Å². The number of nitrogens with two attached hydrogens (primary N) is 1. The van der Waals surface area contributed by atoms with E-state index in [1.165, 1.54) is 0 Å². The fourth-order valence-corrected chi connectivity index (χ4v) is 3.57. The average Bonchev–Trinajstić information content (AvgIpc) is 2.95. The molecule has 2 heterocycles. The molecule has 0 atom stereocenters. The molecule has 3 aromatic rings. The maximum Gasteiger partial charge on any atom is 0.494 e. The van der Waals surface area contributed by atoms with Crippen LogP contribution in [0, 0.1) is 0 Å². The minimum absolute atomic E-state index is 0.120. The van der Waals surface area contributed by atoms with Crippen molar-refractivity contribution in [3.63, 3.8) is 0 Å². The van der Waals surface area contributed by atoms with Crippen LogP contribution in [-0.4, -0.2) is 45.8 Å². The second-order valence-electron chi connectivity index (χ2n) is 9.90. The number of nitrogens with zero attached hydrogens (tertiary/aromatic N) is 2. The zero-order valence-corrected chi connectivity index (χ0v) is 19.5. The standard InChI is InChI=1S/C24H30BN3O4/c1-22(2,14-29)30-21-10-8-16(25-31-23(3,4)24(5,6)32-25)12-18(21)15-7-9-17-19(26)13-27-28-20(17)11-15/h7-13,29H,14H2,1-6H3,(H2,26,28). The first-order valence-corrected chi connectivity index (χ1v) is 10.7. The normalized spacial score (nSPS) is 17.7. The predicted octanol–water partition coefficient (Wildman–Crippen LogP) is 3.33. The molecule has 8 heteroatoms. The van der Waals surface area contributed by atoms with Crippen molar-refractivity contribution in [2.24, 2.45) is 0 Å². The van der Waals surface area contributed by atoms with E-state index in [1.807, 2.05) is 77.9 Å². The summed E-state index contributed by atoms with van der Waals surface area (Å²) in [5.41, 5.74) is 8.28. The predicted molar refractivity (Wildman–Crippen MR) is 127 cm³/mol. The van der Waals surface area contributed by atoms with Crippen molar-refractivity contribution < 1.29 is 19.2 Å². The highest BCUT2D eigenvalue weighted by molar-refractivity contribution is 6.62. The van der Waals surface area contributed by atoms with Crippen LogP contribution in [0.3, 0.4) is 0 Å². The largest absolute Gasteiger partial charge is 0.494 e. The van der Waals surface area contributed by atoms with E-state index in [0.717, 1.165) is 22.0 Å². The molecule has 1 saturated heterocycles. The maximum absolute atomic E-state index is 9.73. The molecule has 32 heavy (non-hydrogen) atoms. The van der Waals surface area contributed by atoms with Gasteiger partial charge in [-0.3, -0.25) is 0 Å². The lowest BCUT2D eigenvalue weighted by Crippen LogP contribution is -2.41. The molecule has 0 radical (unpaired) electrons. The number of hydrogen-bond donors (Lipinski definition) is 2. The molecule has 0 bridgehead atoms. The van der Waals surface area contributed by atoms with E-state index in [2.05, 4.69) is 10.2 Å². The summed E-state index contributed by atoms with van der Waals surface area (Å²) in [6, 6.07) is 11.7. The molecular weight excluding hydrogens is 405 g/mol. The summed E-state index contributed by atoms with van der Waals surface area (Å²) in [4.78, 5) is 0. The Labute approximate surface area is 189 Å². The van der Waals surface area contributed by atoms with Gasteiger partial charge in [-0.15, -0.1) is 0 Å². The third-order valence-electron chi connectivity index (χ3n) is 6.28. The van der Waals surface area contributed by atoms with E-state index in [0.29, 0.717) is 17.0 Å². The first-order valence-electron chi connectivity index (χ1n) is 10.7. The third kappa shape index (κ3) is 4.06. The van der Waals surface area contributed by atoms with E-state index in [9.17, 15) is 5.11 Å². The minimum atomic E-state index is -0.748. The van der Waals surface area contributed by atoms with Crippen molar-refractivity contribution in [3.8, 4) is 16.9 Å². The number of benzene rings is 2. The number of nitrogen functional groups attached to an aromatic ring is 1. The highest BCUT2D eigenvalue weighted by Gasteiger charge is 2.51. The van der Waals surface area contributed by atoms with Gasteiger partial charge < -0.3 is 24.9 Å². The van der Waals surface area contributed by atoms with E-state index in [4.69, 9.17) is 19.8 Å². The van der Waals surface area contributed by atoms with Gasteiger partial charge in [0.05, 0.1) is 35.2 Å². The van der Waals surface area contributed by atoms with Gasteiger partial charge in [0, 0.05) is 10.9 Å². The van der Waals surface area contributed by atoms with Gasteiger partial charge in [0.15, 0.2) is 0 Å². The zero-order chi connectivity index (χ0) is 23.3. The van der Waals surface area contributed by atoms with Gasteiger partial charge in [-0.25, -0.2) is 0 Å². The summed E-state index contributed by atoms with van der Waals surface area (Å²) >= 11 is 0. The molecule has 1 aliphatic rings. The molecule has 1 fully saturated rings. The zero-order valence-electron chi connectivity index (χ0n) is 19.5. The Balaban J connectivity index is 1.82. The van der Waals surface area contributed by atoms with Gasteiger partial charge in [0.2, 0.25) is 0 Å². The monoisotopic (exact) mass is 435 g/mol. The van der Waals surface area contributed by atoms with E-state index in [-0.39, 0.29) is 6.61 Å². The number of rotatable bonds is 5. The first-order chi connectivity index (χ1) is 14.9. The van der Waals surface area contributed by atoms with E-state index >= 15 is 0 Å². The summed E-state index contributed by atoms with van der Waals surface area (Å²) < 4.78 is 18.7. The summed E-state index contributed by atoms with van der Waals surface area (Å²) in [5, 5.41) is 18.8. The molecule has 3 N–H and O–H groups in total. The van der Waals surface area contributed by atoms with Gasteiger partial charge in [-0.05, 0) is 70.8 Å². The van der Waals surface area contributed by atoms with Crippen molar-refractivity contribution in [3.05, 3.63) is 42.6 Å². The molecule has 0 spiro atoms. The molecule has 0 aliphatic carbocycles. The van der Waals surface area contributed by atoms with E-state index in [1.54, 1.807) is 6.20 Å². The Morgan fingerprint density at radius 1 is 1.06 bits per heavy atom. The highest BCUT2D eigenvalue weighted by Crippen LogP contribution is 2.38. The van der Waals surface area contributed by atoms with Crippen molar-refractivity contribution in [2.75, 3.05) is 12.3 Å². The fraction of sp³-hybridized carbons (Fsp3) is 0.417. The van der Waals surface area contributed by atoms with Gasteiger partial charge in [0.25, 0.3) is 0 Å². The van der Waals surface area contributed by atoms with Crippen molar-refractivity contribution in [1.29, 1.82) is 0 Å². The lowest BCUT2D eigenvalue weighted by molar-refractivity contribution is 0.00578. The molecule has 0 amide bonds. The van der Waals surface area contributed by atoms with Gasteiger partial charge in [-0.1, -0.05) is 18.2 Å². The Kier molecular flexibility index (Phi) is 5.44. The molecule has 1 aliphatic heterocycles. The molecule has 1 aromatic heterocycles. The van der Waals surface area contributed by atoms with Crippen LogP contribution in [0.1, 0.15) is 41.5 Å². The molecular formula is C24H30BN3O4. The summed E-state index contributed by atoms with van der Waals surface area (Å²) in [6.45, 7) is 11.7. The summed E-state index contributed by atoms with van der Waals surface area (Å²) in [6.07, 6.45) is 1.54. The Bertz CT molecular complexity index is 1150. The molecule has 168 valence electrons. The number of anilines is 1. The van der Waals surface area contributed by atoms with Crippen LogP contribution in [0.15, 0.2) is 42.6 Å². The number of aliphatic hydroxyl groups excluding tert-OH is 1. The van der Waals surface area contributed by atoms with Crippen LogP contribution < -0.4 is 15.9 Å². The molecule has 7 nitrogen and oxygen atoms in total.